The van der Waals surface area contributed by atoms with E-state index in [0.29, 0.717) is 17.8 Å². The Labute approximate surface area is 102 Å². The number of halogens is 3. The number of hydrogen-bond donors (Lipinski definition) is 1. The van der Waals surface area contributed by atoms with Crippen LogP contribution in [0.4, 0.5) is 13.2 Å². The molecule has 3 nitrogen and oxygen atoms in total. The predicted molar refractivity (Wildman–Crippen MR) is 61.5 cm³/mol. The largest absolute Gasteiger partial charge is 0.416 e. The second-order valence-electron chi connectivity index (χ2n) is 3.92. The molecule has 0 saturated carbocycles. The number of aryl methyl sites for hydroxylation is 1. The zero-order valence-electron chi connectivity index (χ0n) is 9.70. The van der Waals surface area contributed by atoms with Crippen LogP contribution in [0, 0.1) is 0 Å². The van der Waals surface area contributed by atoms with Gasteiger partial charge in [-0.1, -0.05) is 12.1 Å². The maximum Gasteiger partial charge on any atom is 0.416 e. The van der Waals surface area contributed by atoms with Crippen LogP contribution in [0.1, 0.15) is 11.3 Å². The van der Waals surface area contributed by atoms with Crippen molar-refractivity contribution in [1.82, 2.24) is 9.78 Å². The molecule has 0 saturated heterocycles. The molecule has 0 unspecified atom stereocenters. The smallest absolute Gasteiger partial charge is 0.325 e. The van der Waals surface area contributed by atoms with E-state index in [-0.39, 0.29) is 0 Å². The molecule has 0 amide bonds. The quantitative estimate of drug-likeness (QED) is 0.896. The van der Waals surface area contributed by atoms with E-state index in [4.69, 9.17) is 5.73 Å². The molecule has 0 aliphatic carbocycles. The molecule has 2 N–H and O–H groups in total. The fourth-order valence-electron chi connectivity index (χ4n) is 1.73. The average molecular weight is 255 g/mol. The molecule has 2 aromatic rings. The van der Waals surface area contributed by atoms with Crippen LogP contribution in [0.15, 0.2) is 30.3 Å². The lowest BCUT2D eigenvalue weighted by molar-refractivity contribution is -0.137. The monoisotopic (exact) mass is 255 g/mol. The highest BCUT2D eigenvalue weighted by Crippen LogP contribution is 2.30. The molecule has 1 heterocycles. The highest BCUT2D eigenvalue weighted by Gasteiger charge is 2.30. The number of hydrogen-bond acceptors (Lipinski definition) is 2. The number of benzene rings is 1. The van der Waals surface area contributed by atoms with Crippen molar-refractivity contribution in [2.75, 3.05) is 0 Å². The van der Waals surface area contributed by atoms with E-state index < -0.39 is 11.7 Å². The van der Waals surface area contributed by atoms with Gasteiger partial charge in [-0.05, 0) is 23.8 Å². The minimum atomic E-state index is -4.31. The van der Waals surface area contributed by atoms with Crippen molar-refractivity contribution in [3.8, 4) is 11.3 Å². The first-order chi connectivity index (χ1) is 8.41. The fourth-order valence-corrected chi connectivity index (χ4v) is 1.73. The van der Waals surface area contributed by atoms with Crippen molar-refractivity contribution >= 4 is 0 Å². The van der Waals surface area contributed by atoms with Crippen LogP contribution in [-0.4, -0.2) is 9.78 Å². The normalized spacial score (nSPS) is 11.8. The van der Waals surface area contributed by atoms with Gasteiger partial charge in [-0.25, -0.2) is 0 Å². The molecule has 0 aliphatic heterocycles. The lowest BCUT2D eigenvalue weighted by atomic mass is 10.1. The first kappa shape index (κ1) is 12.6. The second-order valence-corrected chi connectivity index (χ2v) is 3.92. The van der Waals surface area contributed by atoms with Gasteiger partial charge in [0.2, 0.25) is 0 Å². The first-order valence-electron chi connectivity index (χ1n) is 5.32. The molecule has 1 aromatic carbocycles. The molecule has 96 valence electrons. The molecule has 18 heavy (non-hydrogen) atoms. The van der Waals surface area contributed by atoms with Gasteiger partial charge in [0, 0.05) is 13.6 Å². The van der Waals surface area contributed by atoms with Crippen LogP contribution < -0.4 is 5.73 Å². The maximum atomic E-state index is 12.4. The van der Waals surface area contributed by atoms with Crippen molar-refractivity contribution in [3.05, 3.63) is 41.6 Å². The Bertz CT molecular complexity index is 541. The Morgan fingerprint density at radius 2 is 1.83 bits per heavy atom. The Kier molecular flexibility index (Phi) is 3.13. The topological polar surface area (TPSA) is 43.8 Å². The Morgan fingerprint density at radius 3 is 2.28 bits per heavy atom. The third-order valence-electron chi connectivity index (χ3n) is 2.65. The van der Waals surface area contributed by atoms with E-state index in [2.05, 4.69) is 5.10 Å². The summed E-state index contributed by atoms with van der Waals surface area (Å²) < 4.78 is 38.9. The van der Waals surface area contributed by atoms with E-state index >= 15 is 0 Å². The minimum Gasteiger partial charge on any atom is -0.325 e. The van der Waals surface area contributed by atoms with Gasteiger partial charge in [0.25, 0.3) is 0 Å². The van der Waals surface area contributed by atoms with E-state index in [1.807, 2.05) is 0 Å². The van der Waals surface area contributed by atoms with Gasteiger partial charge in [-0.2, -0.15) is 18.3 Å². The molecule has 0 aliphatic rings. The third kappa shape index (κ3) is 2.38. The summed E-state index contributed by atoms with van der Waals surface area (Å²) in [6, 6.07) is 6.75. The molecular weight excluding hydrogens is 243 g/mol. The Hall–Kier alpha value is -1.82. The zero-order chi connectivity index (χ0) is 13.3. The van der Waals surface area contributed by atoms with Gasteiger partial charge in [0.15, 0.2) is 0 Å². The van der Waals surface area contributed by atoms with Gasteiger partial charge in [0.05, 0.1) is 17.0 Å². The molecular formula is C12H12F3N3. The van der Waals surface area contributed by atoms with Gasteiger partial charge in [-0.3, -0.25) is 4.68 Å². The molecule has 6 heteroatoms. The number of aromatic nitrogens is 2. The Morgan fingerprint density at radius 1 is 1.22 bits per heavy atom. The lowest BCUT2D eigenvalue weighted by Crippen LogP contribution is -2.04. The van der Waals surface area contributed by atoms with Crippen molar-refractivity contribution < 1.29 is 13.2 Å². The highest BCUT2D eigenvalue weighted by molar-refractivity contribution is 5.60. The number of nitrogens with two attached hydrogens (primary N) is 1. The van der Waals surface area contributed by atoms with Crippen molar-refractivity contribution in [1.29, 1.82) is 0 Å². The van der Waals surface area contributed by atoms with Gasteiger partial charge < -0.3 is 5.73 Å². The van der Waals surface area contributed by atoms with Crippen LogP contribution in [0.25, 0.3) is 11.3 Å². The maximum absolute atomic E-state index is 12.4. The fraction of sp³-hybridized carbons (Fsp3) is 0.250. The summed E-state index contributed by atoms with van der Waals surface area (Å²) in [6.07, 6.45) is -4.31. The predicted octanol–water partition coefficient (Wildman–Crippen LogP) is 2.56. The average Bonchev–Trinajstić information content (AvgIpc) is 2.70. The molecule has 0 radical (unpaired) electrons. The second kappa shape index (κ2) is 4.45. The number of alkyl halides is 3. The standard InChI is InChI=1S/C12H12F3N3/c1-18-11(6-10(7-16)17-18)8-2-4-9(5-3-8)12(13,14)15/h2-6H,7,16H2,1H3. The third-order valence-corrected chi connectivity index (χ3v) is 2.65. The van der Waals surface area contributed by atoms with E-state index in [9.17, 15) is 13.2 Å². The van der Waals surface area contributed by atoms with E-state index in [1.54, 1.807) is 17.8 Å². The molecule has 0 spiro atoms. The van der Waals surface area contributed by atoms with Crippen LogP contribution in [0.3, 0.4) is 0 Å². The SMILES string of the molecule is Cn1nc(CN)cc1-c1ccc(C(F)(F)F)cc1. The van der Waals surface area contributed by atoms with Crippen LogP contribution >= 0.6 is 0 Å². The summed E-state index contributed by atoms with van der Waals surface area (Å²) >= 11 is 0. The lowest BCUT2D eigenvalue weighted by Gasteiger charge is -2.07. The molecule has 1 aromatic heterocycles. The molecule has 2 rings (SSSR count). The number of rotatable bonds is 2. The van der Waals surface area contributed by atoms with Crippen LogP contribution in [0.5, 0.6) is 0 Å². The van der Waals surface area contributed by atoms with Crippen molar-refractivity contribution in [2.45, 2.75) is 12.7 Å². The summed E-state index contributed by atoms with van der Waals surface area (Å²) in [7, 11) is 1.73. The summed E-state index contributed by atoms with van der Waals surface area (Å²) in [5.74, 6) is 0. The van der Waals surface area contributed by atoms with Crippen molar-refractivity contribution in [3.63, 3.8) is 0 Å². The van der Waals surface area contributed by atoms with Gasteiger partial charge in [0.1, 0.15) is 0 Å². The molecule has 0 fully saturated rings. The first-order valence-corrected chi connectivity index (χ1v) is 5.32. The summed E-state index contributed by atoms with van der Waals surface area (Å²) in [5, 5.41) is 4.15. The van der Waals surface area contributed by atoms with Crippen LogP contribution in [-0.2, 0) is 19.8 Å². The van der Waals surface area contributed by atoms with E-state index in [1.165, 1.54) is 12.1 Å². The minimum absolute atomic E-state index is 0.300. The van der Waals surface area contributed by atoms with E-state index in [0.717, 1.165) is 17.8 Å². The Balaban J connectivity index is 2.37. The van der Waals surface area contributed by atoms with Crippen LogP contribution in [0.2, 0.25) is 0 Å². The van der Waals surface area contributed by atoms with Gasteiger partial charge in [-0.15, -0.1) is 0 Å². The summed E-state index contributed by atoms with van der Waals surface area (Å²) in [5.41, 5.74) is 6.93. The zero-order valence-corrected chi connectivity index (χ0v) is 9.70. The molecule has 0 atom stereocenters. The summed E-state index contributed by atoms with van der Waals surface area (Å²) in [4.78, 5) is 0. The highest BCUT2D eigenvalue weighted by atomic mass is 19.4. The van der Waals surface area contributed by atoms with Crippen molar-refractivity contribution in [2.24, 2.45) is 12.8 Å². The summed E-state index contributed by atoms with van der Waals surface area (Å²) in [6.45, 7) is 0.300. The van der Waals surface area contributed by atoms with Gasteiger partial charge >= 0.3 is 6.18 Å². The number of nitrogens with zero attached hydrogens (tertiary/aromatic N) is 2. The molecule has 0 bridgehead atoms.